The van der Waals surface area contributed by atoms with Gasteiger partial charge in [0.1, 0.15) is 11.6 Å². The van der Waals surface area contributed by atoms with Crippen LogP contribution in [0.2, 0.25) is 0 Å². The summed E-state index contributed by atoms with van der Waals surface area (Å²) in [6, 6.07) is 3.45. The molecule has 0 fully saturated rings. The zero-order chi connectivity index (χ0) is 11.5. The molecule has 0 aliphatic heterocycles. The molecule has 0 aromatic carbocycles. The first-order valence-electron chi connectivity index (χ1n) is 4.97. The average Bonchev–Trinajstić information content (AvgIpc) is 2.88. The lowest BCUT2D eigenvalue weighted by Crippen LogP contribution is -2.26. The van der Waals surface area contributed by atoms with E-state index in [1.165, 1.54) is 0 Å². The molecule has 0 unspecified atom stereocenters. The van der Waals surface area contributed by atoms with Crippen molar-refractivity contribution < 1.29 is 9.21 Å². The number of H-pyrrole nitrogens is 1. The standard InChI is InChI=1S/C11H13N3O2/c1-8-3-4-9(16-8)11(15)14(2)7-10-12-5-6-13-10/h3-6H,7H2,1-2H3,(H,12,13). The number of hydrogen-bond donors (Lipinski definition) is 1. The third kappa shape index (κ3) is 2.13. The molecule has 2 rings (SSSR count). The second kappa shape index (κ2) is 4.22. The first-order valence-corrected chi connectivity index (χ1v) is 4.97. The van der Waals surface area contributed by atoms with Crippen LogP contribution < -0.4 is 0 Å². The van der Waals surface area contributed by atoms with E-state index in [1.54, 1.807) is 36.5 Å². The van der Waals surface area contributed by atoms with Crippen LogP contribution in [0.4, 0.5) is 0 Å². The van der Waals surface area contributed by atoms with Crippen LogP contribution in [-0.4, -0.2) is 27.8 Å². The predicted molar refractivity (Wildman–Crippen MR) is 57.8 cm³/mol. The zero-order valence-corrected chi connectivity index (χ0v) is 9.23. The van der Waals surface area contributed by atoms with Gasteiger partial charge in [-0.15, -0.1) is 0 Å². The Morgan fingerprint density at radius 3 is 2.94 bits per heavy atom. The molecule has 1 N–H and O–H groups in total. The number of nitrogens with zero attached hydrogens (tertiary/aromatic N) is 2. The van der Waals surface area contributed by atoms with Crippen molar-refractivity contribution >= 4 is 5.91 Å². The summed E-state index contributed by atoms with van der Waals surface area (Å²) in [6.45, 7) is 2.24. The fourth-order valence-corrected chi connectivity index (χ4v) is 1.42. The van der Waals surface area contributed by atoms with E-state index in [0.29, 0.717) is 12.3 Å². The molecular weight excluding hydrogens is 206 g/mol. The lowest BCUT2D eigenvalue weighted by molar-refractivity contribution is 0.0749. The molecule has 0 bridgehead atoms. The molecule has 0 saturated heterocycles. The van der Waals surface area contributed by atoms with Crippen LogP contribution in [0.25, 0.3) is 0 Å². The van der Waals surface area contributed by atoms with Gasteiger partial charge in [0.05, 0.1) is 6.54 Å². The quantitative estimate of drug-likeness (QED) is 0.852. The summed E-state index contributed by atoms with van der Waals surface area (Å²) in [5.74, 6) is 1.69. The molecule has 5 heteroatoms. The molecule has 0 radical (unpaired) electrons. The Kier molecular flexibility index (Phi) is 2.76. The fourth-order valence-electron chi connectivity index (χ4n) is 1.42. The predicted octanol–water partition coefficient (Wildman–Crippen LogP) is 1.58. The van der Waals surface area contributed by atoms with E-state index < -0.39 is 0 Å². The van der Waals surface area contributed by atoms with Gasteiger partial charge in [-0.1, -0.05) is 0 Å². The largest absolute Gasteiger partial charge is 0.456 e. The number of carbonyl (C=O) groups excluding carboxylic acids is 1. The molecule has 0 aliphatic rings. The molecule has 0 atom stereocenters. The van der Waals surface area contributed by atoms with Crippen LogP contribution in [-0.2, 0) is 6.54 Å². The molecule has 0 spiro atoms. The zero-order valence-electron chi connectivity index (χ0n) is 9.23. The Morgan fingerprint density at radius 2 is 2.38 bits per heavy atom. The Labute approximate surface area is 93.1 Å². The molecule has 1 amide bonds. The number of furan rings is 1. The van der Waals surface area contributed by atoms with Gasteiger partial charge < -0.3 is 14.3 Å². The number of aromatic amines is 1. The van der Waals surface area contributed by atoms with Crippen molar-refractivity contribution in [2.45, 2.75) is 13.5 Å². The molecule has 84 valence electrons. The van der Waals surface area contributed by atoms with Gasteiger partial charge in [-0.25, -0.2) is 4.98 Å². The third-order valence-corrected chi connectivity index (χ3v) is 2.24. The van der Waals surface area contributed by atoms with Gasteiger partial charge >= 0.3 is 0 Å². The number of nitrogens with one attached hydrogen (secondary N) is 1. The van der Waals surface area contributed by atoms with Crippen LogP contribution in [0.3, 0.4) is 0 Å². The number of rotatable bonds is 3. The summed E-state index contributed by atoms with van der Waals surface area (Å²) in [6.07, 6.45) is 3.38. The van der Waals surface area contributed by atoms with Gasteiger partial charge in [-0.3, -0.25) is 4.79 Å². The maximum absolute atomic E-state index is 11.9. The third-order valence-electron chi connectivity index (χ3n) is 2.24. The average molecular weight is 219 g/mol. The minimum atomic E-state index is -0.149. The SMILES string of the molecule is Cc1ccc(C(=O)N(C)Cc2ncc[nH]2)o1. The van der Waals surface area contributed by atoms with Crippen molar-refractivity contribution in [2.24, 2.45) is 0 Å². The second-order valence-electron chi connectivity index (χ2n) is 3.61. The van der Waals surface area contributed by atoms with E-state index in [9.17, 15) is 4.79 Å². The smallest absolute Gasteiger partial charge is 0.289 e. The highest BCUT2D eigenvalue weighted by Crippen LogP contribution is 2.09. The van der Waals surface area contributed by atoms with Gasteiger partial charge in [0.2, 0.25) is 0 Å². The maximum atomic E-state index is 11.9. The lowest BCUT2D eigenvalue weighted by Gasteiger charge is -2.13. The molecule has 2 heterocycles. The van der Waals surface area contributed by atoms with Crippen molar-refractivity contribution in [3.8, 4) is 0 Å². The van der Waals surface area contributed by atoms with Gasteiger partial charge in [0.25, 0.3) is 5.91 Å². The topological polar surface area (TPSA) is 62.1 Å². The van der Waals surface area contributed by atoms with Gasteiger partial charge in [-0.2, -0.15) is 0 Å². The van der Waals surface area contributed by atoms with Crippen molar-refractivity contribution in [2.75, 3.05) is 7.05 Å². The van der Waals surface area contributed by atoms with Crippen LogP contribution in [0.15, 0.2) is 28.9 Å². The Morgan fingerprint density at radius 1 is 1.56 bits per heavy atom. The number of amides is 1. The van der Waals surface area contributed by atoms with Crippen LogP contribution >= 0.6 is 0 Å². The first-order chi connectivity index (χ1) is 7.66. The normalized spacial score (nSPS) is 10.4. The maximum Gasteiger partial charge on any atom is 0.289 e. The lowest BCUT2D eigenvalue weighted by atomic mass is 10.4. The Hall–Kier alpha value is -2.04. The minimum absolute atomic E-state index is 0.149. The summed E-state index contributed by atoms with van der Waals surface area (Å²) in [5, 5.41) is 0. The number of aryl methyl sites for hydroxylation is 1. The molecule has 2 aromatic heterocycles. The summed E-state index contributed by atoms with van der Waals surface area (Å²) < 4.78 is 5.26. The summed E-state index contributed by atoms with van der Waals surface area (Å²) in [4.78, 5) is 20.4. The first kappa shape index (κ1) is 10.5. The number of aromatic nitrogens is 2. The van der Waals surface area contributed by atoms with Crippen LogP contribution in [0.5, 0.6) is 0 Å². The molecule has 0 saturated carbocycles. The van der Waals surface area contributed by atoms with Gasteiger partial charge in [0.15, 0.2) is 5.76 Å². The van der Waals surface area contributed by atoms with Crippen molar-refractivity contribution in [1.82, 2.24) is 14.9 Å². The minimum Gasteiger partial charge on any atom is -0.456 e. The highest BCUT2D eigenvalue weighted by molar-refractivity contribution is 5.91. The fraction of sp³-hybridized carbons (Fsp3) is 0.273. The Bertz CT molecular complexity index is 473. The molecule has 5 nitrogen and oxygen atoms in total. The Balaban J connectivity index is 2.05. The van der Waals surface area contributed by atoms with Gasteiger partial charge in [-0.05, 0) is 19.1 Å². The summed E-state index contributed by atoms with van der Waals surface area (Å²) in [5.41, 5.74) is 0. The summed E-state index contributed by atoms with van der Waals surface area (Å²) in [7, 11) is 1.71. The van der Waals surface area contributed by atoms with E-state index in [1.807, 2.05) is 6.92 Å². The second-order valence-corrected chi connectivity index (χ2v) is 3.61. The van der Waals surface area contributed by atoms with Crippen molar-refractivity contribution in [3.05, 3.63) is 41.9 Å². The van der Waals surface area contributed by atoms with E-state index in [2.05, 4.69) is 9.97 Å². The van der Waals surface area contributed by atoms with E-state index in [-0.39, 0.29) is 5.91 Å². The molecule has 2 aromatic rings. The van der Waals surface area contributed by atoms with Crippen LogP contribution in [0, 0.1) is 6.92 Å². The molecular formula is C11H13N3O2. The highest BCUT2D eigenvalue weighted by atomic mass is 16.3. The van der Waals surface area contributed by atoms with Crippen molar-refractivity contribution in [3.63, 3.8) is 0 Å². The van der Waals surface area contributed by atoms with E-state index in [0.717, 1.165) is 11.6 Å². The summed E-state index contributed by atoms with van der Waals surface area (Å²) >= 11 is 0. The number of carbonyl (C=O) groups is 1. The molecule has 0 aliphatic carbocycles. The van der Waals surface area contributed by atoms with E-state index in [4.69, 9.17) is 4.42 Å². The van der Waals surface area contributed by atoms with Gasteiger partial charge in [0, 0.05) is 19.4 Å². The highest BCUT2D eigenvalue weighted by Gasteiger charge is 2.15. The number of imidazole rings is 1. The number of hydrogen-bond acceptors (Lipinski definition) is 3. The van der Waals surface area contributed by atoms with Crippen molar-refractivity contribution in [1.29, 1.82) is 0 Å². The monoisotopic (exact) mass is 219 g/mol. The molecule has 16 heavy (non-hydrogen) atoms. The van der Waals surface area contributed by atoms with Crippen LogP contribution in [0.1, 0.15) is 22.1 Å². The van der Waals surface area contributed by atoms with E-state index >= 15 is 0 Å².